The third-order valence-corrected chi connectivity index (χ3v) is 2.90. The predicted molar refractivity (Wildman–Crippen MR) is 72.4 cm³/mol. The van der Waals surface area contributed by atoms with Crippen molar-refractivity contribution in [2.24, 2.45) is 0 Å². The molecule has 5 nitrogen and oxygen atoms in total. The van der Waals surface area contributed by atoms with Crippen molar-refractivity contribution in [2.45, 2.75) is 0 Å². The van der Waals surface area contributed by atoms with Crippen LogP contribution in [0.15, 0.2) is 36.5 Å². The molecule has 0 saturated carbocycles. The first-order valence-electron chi connectivity index (χ1n) is 5.84. The highest BCUT2D eigenvalue weighted by Gasteiger charge is 2.07. The van der Waals surface area contributed by atoms with Crippen LogP contribution in [0.4, 0.5) is 0 Å². The molecule has 0 unspecified atom stereocenters. The molecule has 0 spiro atoms. The quantitative estimate of drug-likeness (QED) is 0.781. The number of hydrogen-bond donors (Lipinski definition) is 1. The maximum atomic E-state index is 5.18. The largest absolute Gasteiger partial charge is 0.497 e. The van der Waals surface area contributed by atoms with Crippen LogP contribution in [0.5, 0.6) is 11.5 Å². The van der Waals surface area contributed by atoms with Crippen LogP contribution in [0.2, 0.25) is 0 Å². The smallest absolute Gasteiger partial charge is 0.157 e. The van der Waals surface area contributed by atoms with Gasteiger partial charge in [-0.05, 0) is 24.3 Å². The number of fused-ring (bicyclic) bond motifs is 1. The van der Waals surface area contributed by atoms with Crippen molar-refractivity contribution in [2.75, 3.05) is 14.2 Å². The first-order chi connectivity index (χ1) is 9.30. The standard InChI is InChI=1S/C14H13N3O2/c1-18-9-3-5-11-13(7-9)17-14(16-11)12-6-4-10(19-2)8-15-12/h3-8H,1-2H3,(H,16,17). The van der Waals surface area contributed by atoms with Crippen LogP contribution in [-0.2, 0) is 0 Å². The number of methoxy groups -OCH3 is 2. The van der Waals surface area contributed by atoms with Crippen LogP contribution in [0.25, 0.3) is 22.6 Å². The highest BCUT2D eigenvalue weighted by molar-refractivity contribution is 5.80. The number of ether oxygens (including phenoxy) is 2. The van der Waals surface area contributed by atoms with Gasteiger partial charge in [-0.15, -0.1) is 0 Å². The Bertz CT molecular complexity index is 704. The van der Waals surface area contributed by atoms with Gasteiger partial charge in [-0.1, -0.05) is 0 Å². The maximum absolute atomic E-state index is 5.18. The summed E-state index contributed by atoms with van der Waals surface area (Å²) < 4.78 is 10.3. The summed E-state index contributed by atoms with van der Waals surface area (Å²) in [4.78, 5) is 12.0. The zero-order valence-electron chi connectivity index (χ0n) is 10.7. The van der Waals surface area contributed by atoms with Crippen LogP contribution in [-0.4, -0.2) is 29.2 Å². The van der Waals surface area contributed by atoms with Gasteiger partial charge < -0.3 is 14.5 Å². The lowest BCUT2D eigenvalue weighted by Crippen LogP contribution is -1.87. The summed E-state index contributed by atoms with van der Waals surface area (Å²) in [5, 5.41) is 0. The van der Waals surface area contributed by atoms with E-state index in [1.807, 2.05) is 30.3 Å². The van der Waals surface area contributed by atoms with Gasteiger partial charge in [0.2, 0.25) is 0 Å². The summed E-state index contributed by atoms with van der Waals surface area (Å²) in [6.07, 6.45) is 1.67. The van der Waals surface area contributed by atoms with E-state index in [1.165, 1.54) is 0 Å². The lowest BCUT2D eigenvalue weighted by atomic mass is 10.3. The third-order valence-electron chi connectivity index (χ3n) is 2.90. The molecule has 0 aliphatic carbocycles. The average molecular weight is 255 g/mol. The Kier molecular flexibility index (Phi) is 2.79. The summed E-state index contributed by atoms with van der Waals surface area (Å²) in [6, 6.07) is 9.45. The molecule has 1 aromatic carbocycles. The van der Waals surface area contributed by atoms with E-state index in [-0.39, 0.29) is 0 Å². The fourth-order valence-corrected chi connectivity index (χ4v) is 1.88. The van der Waals surface area contributed by atoms with Crippen molar-refractivity contribution in [1.29, 1.82) is 0 Å². The number of nitrogens with one attached hydrogen (secondary N) is 1. The Hall–Kier alpha value is -2.56. The van der Waals surface area contributed by atoms with Crippen molar-refractivity contribution < 1.29 is 9.47 Å². The molecule has 0 saturated heterocycles. The molecule has 1 N–H and O–H groups in total. The van der Waals surface area contributed by atoms with E-state index in [4.69, 9.17) is 9.47 Å². The number of aromatic amines is 1. The molecule has 2 aromatic heterocycles. The van der Waals surface area contributed by atoms with E-state index in [9.17, 15) is 0 Å². The number of pyridine rings is 1. The highest BCUT2D eigenvalue weighted by Crippen LogP contribution is 2.23. The lowest BCUT2D eigenvalue weighted by molar-refractivity contribution is 0.413. The Morgan fingerprint density at radius 3 is 2.47 bits per heavy atom. The van der Waals surface area contributed by atoms with Gasteiger partial charge in [0.1, 0.15) is 17.2 Å². The Labute approximate surface area is 110 Å². The second kappa shape index (κ2) is 4.61. The number of H-pyrrole nitrogens is 1. The van der Waals surface area contributed by atoms with Crippen molar-refractivity contribution in [1.82, 2.24) is 15.0 Å². The minimum Gasteiger partial charge on any atom is -0.497 e. The minimum atomic E-state index is 0.724. The van der Waals surface area contributed by atoms with Gasteiger partial charge in [0.05, 0.1) is 31.4 Å². The topological polar surface area (TPSA) is 60.0 Å². The zero-order valence-corrected chi connectivity index (χ0v) is 10.7. The molecular formula is C14H13N3O2. The zero-order chi connectivity index (χ0) is 13.2. The van der Waals surface area contributed by atoms with E-state index in [0.717, 1.165) is 34.1 Å². The minimum absolute atomic E-state index is 0.724. The predicted octanol–water partition coefficient (Wildman–Crippen LogP) is 2.64. The number of imidazole rings is 1. The first-order valence-corrected chi connectivity index (χ1v) is 5.84. The molecule has 5 heteroatoms. The molecule has 3 aromatic rings. The SMILES string of the molecule is COc1ccc(-c2nc3cc(OC)ccc3[nH]2)nc1. The van der Waals surface area contributed by atoms with E-state index in [0.29, 0.717) is 0 Å². The van der Waals surface area contributed by atoms with E-state index in [2.05, 4.69) is 15.0 Å². The molecule has 0 radical (unpaired) electrons. The van der Waals surface area contributed by atoms with Crippen molar-refractivity contribution in [3.63, 3.8) is 0 Å². The van der Waals surface area contributed by atoms with Gasteiger partial charge in [-0.3, -0.25) is 0 Å². The normalized spacial score (nSPS) is 10.6. The van der Waals surface area contributed by atoms with Gasteiger partial charge in [-0.25, -0.2) is 9.97 Å². The maximum Gasteiger partial charge on any atom is 0.157 e. The van der Waals surface area contributed by atoms with Gasteiger partial charge in [0.25, 0.3) is 0 Å². The fourth-order valence-electron chi connectivity index (χ4n) is 1.88. The summed E-state index contributed by atoms with van der Waals surface area (Å²) in [5.41, 5.74) is 2.58. The van der Waals surface area contributed by atoms with Crippen molar-refractivity contribution >= 4 is 11.0 Å². The van der Waals surface area contributed by atoms with Crippen LogP contribution in [0.3, 0.4) is 0 Å². The average Bonchev–Trinajstić information content (AvgIpc) is 2.90. The molecule has 0 bridgehead atoms. The number of hydrogen-bond acceptors (Lipinski definition) is 4. The van der Waals surface area contributed by atoms with E-state index in [1.54, 1.807) is 20.4 Å². The molecular weight excluding hydrogens is 242 g/mol. The number of aromatic nitrogens is 3. The molecule has 0 atom stereocenters. The Morgan fingerprint density at radius 1 is 1.00 bits per heavy atom. The number of benzene rings is 1. The summed E-state index contributed by atoms with van der Waals surface area (Å²) >= 11 is 0. The highest BCUT2D eigenvalue weighted by atomic mass is 16.5. The molecule has 96 valence electrons. The molecule has 0 fully saturated rings. The molecule has 0 aliphatic heterocycles. The van der Waals surface area contributed by atoms with Gasteiger partial charge in [-0.2, -0.15) is 0 Å². The number of rotatable bonds is 3. The summed E-state index contributed by atoms with van der Waals surface area (Å²) in [7, 11) is 3.25. The second-order valence-corrected chi connectivity index (χ2v) is 4.05. The van der Waals surface area contributed by atoms with Crippen LogP contribution >= 0.6 is 0 Å². The van der Waals surface area contributed by atoms with E-state index < -0.39 is 0 Å². The Morgan fingerprint density at radius 2 is 1.79 bits per heavy atom. The Balaban J connectivity index is 2.04. The van der Waals surface area contributed by atoms with Gasteiger partial charge in [0, 0.05) is 6.07 Å². The van der Waals surface area contributed by atoms with Gasteiger partial charge in [0.15, 0.2) is 5.82 Å². The summed E-state index contributed by atoms with van der Waals surface area (Å²) in [5.74, 6) is 2.24. The number of nitrogens with zero attached hydrogens (tertiary/aromatic N) is 2. The third kappa shape index (κ3) is 2.10. The molecule has 19 heavy (non-hydrogen) atoms. The van der Waals surface area contributed by atoms with Crippen molar-refractivity contribution in [3.8, 4) is 23.0 Å². The molecule has 0 amide bonds. The van der Waals surface area contributed by atoms with Crippen LogP contribution in [0, 0.1) is 0 Å². The lowest BCUT2D eigenvalue weighted by Gasteiger charge is -1.99. The molecule has 0 aliphatic rings. The first kappa shape index (κ1) is 11.5. The van der Waals surface area contributed by atoms with Gasteiger partial charge >= 0.3 is 0 Å². The second-order valence-electron chi connectivity index (χ2n) is 4.05. The fraction of sp³-hybridized carbons (Fsp3) is 0.143. The monoisotopic (exact) mass is 255 g/mol. The van der Waals surface area contributed by atoms with E-state index >= 15 is 0 Å². The summed E-state index contributed by atoms with van der Waals surface area (Å²) in [6.45, 7) is 0. The molecule has 2 heterocycles. The van der Waals surface area contributed by atoms with Crippen LogP contribution in [0.1, 0.15) is 0 Å². The van der Waals surface area contributed by atoms with Crippen molar-refractivity contribution in [3.05, 3.63) is 36.5 Å². The van der Waals surface area contributed by atoms with Crippen LogP contribution < -0.4 is 9.47 Å². The molecule has 3 rings (SSSR count).